The average molecular weight is 346 g/mol. The highest BCUT2D eigenvalue weighted by Crippen LogP contribution is 2.31. The molecule has 0 bridgehead atoms. The second kappa shape index (κ2) is 6.63. The smallest absolute Gasteiger partial charge is 0.351 e. The molecular formula is C19H17F3N2O. The summed E-state index contributed by atoms with van der Waals surface area (Å²) >= 11 is 0. The van der Waals surface area contributed by atoms with Crippen LogP contribution in [0.1, 0.15) is 24.6 Å². The van der Waals surface area contributed by atoms with Crippen LogP contribution in [0.3, 0.4) is 0 Å². The number of para-hydroxylation sites is 1. The summed E-state index contributed by atoms with van der Waals surface area (Å²) in [5.74, 6) is -0.0794. The zero-order valence-electron chi connectivity index (χ0n) is 13.6. The molecule has 3 aromatic rings. The number of halogens is 3. The summed E-state index contributed by atoms with van der Waals surface area (Å²) in [4.78, 5) is 11.6. The van der Waals surface area contributed by atoms with Crippen LogP contribution in [0, 0.1) is 0 Å². The van der Waals surface area contributed by atoms with Crippen LogP contribution in [-0.2, 0) is 17.5 Å². The van der Waals surface area contributed by atoms with Gasteiger partial charge in [0.1, 0.15) is 0 Å². The van der Waals surface area contributed by atoms with Crippen LogP contribution >= 0.6 is 0 Å². The lowest BCUT2D eigenvalue weighted by molar-refractivity contribution is -0.137. The molecule has 0 fully saturated rings. The van der Waals surface area contributed by atoms with Crippen LogP contribution in [0.2, 0.25) is 0 Å². The van der Waals surface area contributed by atoms with Gasteiger partial charge in [-0.1, -0.05) is 25.1 Å². The largest absolute Gasteiger partial charge is 0.416 e. The average Bonchev–Trinajstić information content (AvgIpc) is 2.97. The van der Waals surface area contributed by atoms with Gasteiger partial charge in [0.05, 0.1) is 17.6 Å². The first-order valence-corrected chi connectivity index (χ1v) is 7.94. The fraction of sp³-hybridized carbons (Fsp3) is 0.211. The van der Waals surface area contributed by atoms with E-state index >= 15 is 0 Å². The van der Waals surface area contributed by atoms with Crippen LogP contribution in [-0.4, -0.2) is 10.5 Å². The number of aromatic nitrogens is 1. The van der Waals surface area contributed by atoms with Crippen molar-refractivity contribution in [1.82, 2.24) is 9.88 Å². The molecule has 1 heterocycles. The molecule has 1 aromatic heterocycles. The number of hydrogen-bond donors (Lipinski definition) is 1. The topological polar surface area (TPSA) is 34.0 Å². The van der Waals surface area contributed by atoms with Crippen molar-refractivity contribution in [2.75, 3.05) is 0 Å². The summed E-state index contributed by atoms with van der Waals surface area (Å²) in [5, 5.41) is 3.78. The first-order valence-electron chi connectivity index (χ1n) is 7.94. The number of carbonyl (C=O) groups excluding carboxylic acids is 1. The number of benzene rings is 2. The van der Waals surface area contributed by atoms with E-state index in [2.05, 4.69) is 5.32 Å². The van der Waals surface area contributed by atoms with Crippen molar-refractivity contribution in [3.05, 3.63) is 65.9 Å². The van der Waals surface area contributed by atoms with Gasteiger partial charge in [0.25, 0.3) is 0 Å². The van der Waals surface area contributed by atoms with Gasteiger partial charge >= 0.3 is 6.18 Å². The van der Waals surface area contributed by atoms with Crippen molar-refractivity contribution in [2.45, 2.75) is 26.1 Å². The quantitative estimate of drug-likeness (QED) is 0.731. The molecule has 130 valence electrons. The summed E-state index contributed by atoms with van der Waals surface area (Å²) < 4.78 is 40.2. The van der Waals surface area contributed by atoms with Gasteiger partial charge in [0.2, 0.25) is 5.91 Å². The molecule has 0 saturated heterocycles. The highest BCUT2D eigenvalue weighted by atomic mass is 19.4. The summed E-state index contributed by atoms with van der Waals surface area (Å²) in [7, 11) is 0. The van der Waals surface area contributed by atoms with Gasteiger partial charge in [-0.25, -0.2) is 0 Å². The minimum Gasteiger partial charge on any atom is -0.351 e. The van der Waals surface area contributed by atoms with Gasteiger partial charge in [-0.15, -0.1) is 0 Å². The Balaban J connectivity index is 2.05. The zero-order valence-corrected chi connectivity index (χ0v) is 13.6. The predicted octanol–water partition coefficient (Wildman–Crippen LogP) is 4.68. The van der Waals surface area contributed by atoms with Gasteiger partial charge in [-0.3, -0.25) is 4.79 Å². The molecule has 2 aromatic carbocycles. The Morgan fingerprint density at radius 1 is 1.08 bits per heavy atom. The minimum atomic E-state index is -4.37. The van der Waals surface area contributed by atoms with Gasteiger partial charge in [-0.2, -0.15) is 13.2 Å². The Labute approximate surface area is 143 Å². The van der Waals surface area contributed by atoms with Crippen molar-refractivity contribution < 1.29 is 18.0 Å². The summed E-state index contributed by atoms with van der Waals surface area (Å²) in [5.41, 5.74) is 1.62. The highest BCUT2D eigenvalue weighted by Gasteiger charge is 2.30. The normalized spacial score (nSPS) is 11.7. The molecule has 0 unspecified atom stereocenters. The van der Waals surface area contributed by atoms with E-state index in [9.17, 15) is 18.0 Å². The van der Waals surface area contributed by atoms with E-state index in [1.54, 1.807) is 6.92 Å². The van der Waals surface area contributed by atoms with Crippen LogP contribution < -0.4 is 5.32 Å². The third kappa shape index (κ3) is 3.52. The van der Waals surface area contributed by atoms with E-state index in [4.69, 9.17) is 0 Å². The maximum Gasteiger partial charge on any atom is 0.416 e. The van der Waals surface area contributed by atoms with Crippen LogP contribution in [0.5, 0.6) is 0 Å². The highest BCUT2D eigenvalue weighted by molar-refractivity contribution is 5.83. The summed E-state index contributed by atoms with van der Waals surface area (Å²) in [6, 6.07) is 14.6. The number of nitrogens with one attached hydrogen (secondary N) is 1. The molecule has 0 aliphatic carbocycles. The Morgan fingerprint density at radius 3 is 2.40 bits per heavy atom. The Kier molecular flexibility index (Phi) is 4.53. The van der Waals surface area contributed by atoms with Crippen LogP contribution in [0.4, 0.5) is 13.2 Å². The van der Waals surface area contributed by atoms with Crippen molar-refractivity contribution in [3.8, 4) is 5.69 Å². The molecule has 6 heteroatoms. The second-order valence-electron chi connectivity index (χ2n) is 5.70. The molecule has 0 radical (unpaired) electrons. The second-order valence-corrected chi connectivity index (χ2v) is 5.70. The van der Waals surface area contributed by atoms with E-state index in [1.807, 2.05) is 34.9 Å². The van der Waals surface area contributed by atoms with E-state index in [1.165, 1.54) is 12.1 Å². The van der Waals surface area contributed by atoms with E-state index in [0.29, 0.717) is 18.7 Å². The number of hydrogen-bond acceptors (Lipinski definition) is 1. The number of fused-ring (bicyclic) bond motifs is 1. The monoisotopic (exact) mass is 346 g/mol. The molecule has 25 heavy (non-hydrogen) atoms. The fourth-order valence-electron chi connectivity index (χ4n) is 2.76. The number of carbonyl (C=O) groups is 1. The first kappa shape index (κ1) is 17.1. The summed E-state index contributed by atoms with van der Waals surface area (Å²) in [6.07, 6.45) is -3.99. The number of nitrogens with zero attached hydrogens (tertiary/aromatic N) is 1. The number of amides is 1. The predicted molar refractivity (Wildman–Crippen MR) is 90.4 cm³/mol. The molecule has 0 aliphatic rings. The van der Waals surface area contributed by atoms with Crippen molar-refractivity contribution in [3.63, 3.8) is 0 Å². The zero-order chi connectivity index (χ0) is 18.0. The molecule has 1 N–H and O–H groups in total. The van der Waals surface area contributed by atoms with Crippen LogP contribution in [0.15, 0.2) is 54.6 Å². The molecule has 3 rings (SSSR count). The minimum absolute atomic E-state index is 0.0794. The lowest BCUT2D eigenvalue weighted by atomic mass is 10.2. The standard InChI is InChI=1S/C19H17F3N2O/c1-2-18(25)23-12-16-11-13-5-3-4-6-17(13)24(16)15-9-7-14(8-10-15)19(20,21)22/h3-11H,2,12H2,1H3,(H,23,25). The van der Waals surface area contributed by atoms with Gasteiger partial charge in [-0.05, 0) is 36.4 Å². The van der Waals surface area contributed by atoms with Crippen molar-refractivity contribution in [1.29, 1.82) is 0 Å². The molecular weight excluding hydrogens is 329 g/mol. The Morgan fingerprint density at radius 2 is 1.76 bits per heavy atom. The third-order valence-corrected chi connectivity index (χ3v) is 4.03. The fourth-order valence-corrected chi connectivity index (χ4v) is 2.76. The van der Waals surface area contributed by atoms with Crippen molar-refractivity contribution >= 4 is 16.8 Å². The van der Waals surface area contributed by atoms with E-state index < -0.39 is 11.7 Å². The molecule has 0 spiro atoms. The van der Waals surface area contributed by atoms with Gasteiger partial charge in [0, 0.05) is 23.2 Å². The Bertz CT molecular complexity index is 895. The molecule has 0 saturated carbocycles. The third-order valence-electron chi connectivity index (χ3n) is 4.03. The lowest BCUT2D eigenvalue weighted by Gasteiger charge is -2.13. The van der Waals surface area contributed by atoms with Crippen LogP contribution in [0.25, 0.3) is 16.6 Å². The first-order chi connectivity index (χ1) is 11.9. The Hall–Kier alpha value is -2.76. The SMILES string of the molecule is CCC(=O)NCc1cc2ccccc2n1-c1ccc(C(F)(F)F)cc1. The molecule has 3 nitrogen and oxygen atoms in total. The van der Waals surface area contributed by atoms with E-state index in [0.717, 1.165) is 28.7 Å². The van der Waals surface area contributed by atoms with E-state index in [-0.39, 0.29) is 5.91 Å². The maximum atomic E-state index is 12.8. The molecule has 0 aliphatic heterocycles. The van der Waals surface area contributed by atoms with Gasteiger partial charge in [0.15, 0.2) is 0 Å². The number of alkyl halides is 3. The van der Waals surface area contributed by atoms with Crippen molar-refractivity contribution in [2.24, 2.45) is 0 Å². The lowest BCUT2D eigenvalue weighted by Crippen LogP contribution is -2.22. The molecule has 0 atom stereocenters. The maximum absolute atomic E-state index is 12.8. The molecule has 1 amide bonds. The van der Waals surface area contributed by atoms with Gasteiger partial charge < -0.3 is 9.88 Å². The summed E-state index contributed by atoms with van der Waals surface area (Å²) in [6.45, 7) is 2.07. The number of rotatable bonds is 4.